The van der Waals surface area contributed by atoms with E-state index in [1.165, 1.54) is 7.11 Å². The Morgan fingerprint density at radius 2 is 1.48 bits per heavy atom. The molecule has 0 saturated heterocycles. The predicted molar refractivity (Wildman–Crippen MR) is 88.3 cm³/mol. The lowest BCUT2D eigenvalue weighted by molar-refractivity contribution is 0.340. The van der Waals surface area contributed by atoms with Gasteiger partial charge in [-0.25, -0.2) is 0 Å². The van der Waals surface area contributed by atoms with Gasteiger partial charge in [0, 0.05) is 11.6 Å². The highest BCUT2D eigenvalue weighted by Crippen LogP contribution is 2.34. The molecular weight excluding hydrogens is 296 g/mol. The molecule has 0 unspecified atom stereocenters. The van der Waals surface area contributed by atoms with Gasteiger partial charge >= 0.3 is 0 Å². The fourth-order valence-electron chi connectivity index (χ4n) is 2.24. The number of ether oxygens (including phenoxy) is 4. The third-order valence-electron chi connectivity index (χ3n) is 3.39. The van der Waals surface area contributed by atoms with Gasteiger partial charge in [0.05, 0.1) is 34.7 Å². The smallest absolute Gasteiger partial charge is 0.160 e. The number of hydrogen-bond acceptors (Lipinski definition) is 5. The Morgan fingerprint density at radius 1 is 0.826 bits per heavy atom. The topological polar surface area (TPSA) is 57.2 Å². The first-order valence-corrected chi connectivity index (χ1v) is 6.96. The maximum absolute atomic E-state index is 10.0. The minimum absolute atomic E-state index is 0.0573. The molecule has 0 aliphatic rings. The van der Waals surface area contributed by atoms with Crippen molar-refractivity contribution in [1.82, 2.24) is 0 Å². The van der Waals surface area contributed by atoms with E-state index in [2.05, 4.69) is 0 Å². The highest BCUT2D eigenvalue weighted by Gasteiger charge is 2.12. The van der Waals surface area contributed by atoms with Crippen LogP contribution in [-0.4, -0.2) is 33.5 Å². The molecule has 2 aromatic carbocycles. The zero-order valence-corrected chi connectivity index (χ0v) is 13.6. The minimum Gasteiger partial charge on any atom is -0.504 e. The van der Waals surface area contributed by atoms with Crippen LogP contribution in [0.2, 0.25) is 0 Å². The van der Waals surface area contributed by atoms with Gasteiger partial charge in [-0.2, -0.15) is 0 Å². The van der Waals surface area contributed by atoms with Gasteiger partial charge in [0.2, 0.25) is 0 Å². The summed E-state index contributed by atoms with van der Waals surface area (Å²) in [6, 6.07) is 10.7. The van der Waals surface area contributed by atoms with Gasteiger partial charge in [0.1, 0.15) is 11.5 Å². The molecule has 0 spiro atoms. The number of hydrogen-bond donors (Lipinski definition) is 1. The van der Waals surface area contributed by atoms with Crippen LogP contribution in [0.25, 0.3) is 5.57 Å². The first kappa shape index (κ1) is 16.5. The van der Waals surface area contributed by atoms with E-state index in [1.54, 1.807) is 45.8 Å². The first-order valence-electron chi connectivity index (χ1n) is 6.96. The van der Waals surface area contributed by atoms with Crippen LogP contribution in [0.5, 0.6) is 23.0 Å². The quantitative estimate of drug-likeness (QED) is 0.827. The van der Waals surface area contributed by atoms with Crippen molar-refractivity contribution in [3.63, 3.8) is 0 Å². The molecule has 122 valence electrons. The van der Waals surface area contributed by atoms with Gasteiger partial charge < -0.3 is 24.1 Å². The van der Waals surface area contributed by atoms with Crippen LogP contribution in [0.1, 0.15) is 11.1 Å². The number of methoxy groups -OCH3 is 4. The number of aromatic hydroxyl groups is 1. The summed E-state index contributed by atoms with van der Waals surface area (Å²) in [5.41, 5.74) is 2.40. The molecule has 0 aliphatic carbocycles. The summed E-state index contributed by atoms with van der Waals surface area (Å²) in [6.07, 6.45) is 1.61. The minimum atomic E-state index is 0.0573. The maximum atomic E-state index is 10.0. The third kappa shape index (κ3) is 3.69. The lowest BCUT2D eigenvalue weighted by atomic mass is 9.98. The average molecular weight is 316 g/mol. The van der Waals surface area contributed by atoms with Crippen molar-refractivity contribution in [1.29, 1.82) is 0 Å². The molecule has 0 atom stereocenters. The Bertz CT molecular complexity index is 684. The monoisotopic (exact) mass is 316 g/mol. The van der Waals surface area contributed by atoms with Crippen molar-refractivity contribution >= 4 is 5.57 Å². The predicted octanol–water partition coefficient (Wildman–Crippen LogP) is 3.45. The molecule has 0 bridgehead atoms. The lowest BCUT2D eigenvalue weighted by Gasteiger charge is -2.13. The van der Waals surface area contributed by atoms with Gasteiger partial charge in [-0.15, -0.1) is 0 Å². The summed E-state index contributed by atoms with van der Waals surface area (Å²) in [6.45, 7) is 0. The van der Waals surface area contributed by atoms with E-state index in [9.17, 15) is 5.11 Å². The maximum Gasteiger partial charge on any atom is 0.160 e. The second kappa shape index (κ2) is 7.45. The van der Waals surface area contributed by atoms with Crippen molar-refractivity contribution in [3.05, 3.63) is 53.8 Å². The van der Waals surface area contributed by atoms with Crippen LogP contribution in [-0.2, 0) is 4.74 Å². The van der Waals surface area contributed by atoms with Crippen molar-refractivity contribution in [3.8, 4) is 23.0 Å². The summed E-state index contributed by atoms with van der Waals surface area (Å²) in [5, 5.41) is 10.0. The first-order chi connectivity index (χ1) is 11.1. The van der Waals surface area contributed by atoms with E-state index in [1.807, 2.05) is 18.2 Å². The second-order valence-electron chi connectivity index (χ2n) is 4.76. The van der Waals surface area contributed by atoms with E-state index in [0.29, 0.717) is 17.2 Å². The SMILES string of the molecule is COC=C(c1cc(OC)cc(OC)c1)c1ccc(OC)c(O)c1. The standard InChI is InChI=1S/C18H20O5/c1-20-11-16(12-5-6-18(23-4)17(19)9-12)13-7-14(21-2)10-15(8-13)22-3/h5-11,19H,1-4H3. The molecule has 5 heteroatoms. The molecular formula is C18H20O5. The van der Waals surface area contributed by atoms with E-state index >= 15 is 0 Å². The van der Waals surface area contributed by atoms with Gasteiger partial charge in [-0.05, 0) is 35.4 Å². The van der Waals surface area contributed by atoms with Crippen LogP contribution in [0.15, 0.2) is 42.7 Å². The Hall–Kier alpha value is -2.82. The fraction of sp³-hybridized carbons (Fsp3) is 0.222. The zero-order chi connectivity index (χ0) is 16.8. The molecule has 0 heterocycles. The number of rotatable bonds is 6. The highest BCUT2D eigenvalue weighted by atomic mass is 16.5. The number of phenols is 1. The molecule has 0 radical (unpaired) electrons. The normalized spacial score (nSPS) is 11.0. The largest absolute Gasteiger partial charge is 0.504 e. The average Bonchev–Trinajstić information content (AvgIpc) is 2.59. The van der Waals surface area contributed by atoms with Crippen molar-refractivity contribution in [2.45, 2.75) is 0 Å². The van der Waals surface area contributed by atoms with Crippen molar-refractivity contribution in [2.24, 2.45) is 0 Å². The van der Waals surface area contributed by atoms with Crippen molar-refractivity contribution in [2.75, 3.05) is 28.4 Å². The number of benzene rings is 2. The van der Waals surface area contributed by atoms with Crippen LogP contribution >= 0.6 is 0 Å². The van der Waals surface area contributed by atoms with Gasteiger partial charge in [0.25, 0.3) is 0 Å². The molecule has 23 heavy (non-hydrogen) atoms. The molecule has 0 fully saturated rings. The lowest BCUT2D eigenvalue weighted by Crippen LogP contribution is -1.94. The van der Waals surface area contributed by atoms with Crippen molar-refractivity contribution < 1.29 is 24.1 Å². The summed E-state index contributed by atoms with van der Waals surface area (Å²) >= 11 is 0. The van der Waals surface area contributed by atoms with Gasteiger partial charge in [0.15, 0.2) is 11.5 Å². The van der Waals surface area contributed by atoms with Crippen LogP contribution in [0, 0.1) is 0 Å². The number of phenolic OH excluding ortho intramolecular Hbond substituents is 1. The van der Waals surface area contributed by atoms with E-state index in [4.69, 9.17) is 18.9 Å². The van der Waals surface area contributed by atoms with Gasteiger partial charge in [-0.1, -0.05) is 6.07 Å². The van der Waals surface area contributed by atoms with E-state index in [-0.39, 0.29) is 5.75 Å². The van der Waals surface area contributed by atoms with Gasteiger partial charge in [-0.3, -0.25) is 0 Å². The fourth-order valence-corrected chi connectivity index (χ4v) is 2.24. The van der Waals surface area contributed by atoms with Crippen LogP contribution in [0.3, 0.4) is 0 Å². The molecule has 2 aromatic rings. The van der Waals surface area contributed by atoms with Crippen LogP contribution < -0.4 is 14.2 Å². The molecule has 0 aliphatic heterocycles. The Kier molecular flexibility index (Phi) is 5.36. The summed E-state index contributed by atoms with van der Waals surface area (Å²) in [7, 11) is 6.27. The Labute approximate surface area is 135 Å². The summed E-state index contributed by atoms with van der Waals surface area (Å²) in [5.74, 6) is 1.80. The molecule has 1 N–H and O–H groups in total. The summed E-state index contributed by atoms with van der Waals surface area (Å²) < 4.78 is 20.9. The molecule has 0 amide bonds. The Balaban J connectivity index is 2.55. The summed E-state index contributed by atoms with van der Waals surface area (Å²) in [4.78, 5) is 0. The second-order valence-corrected chi connectivity index (χ2v) is 4.76. The molecule has 0 aromatic heterocycles. The molecule has 0 saturated carbocycles. The molecule has 5 nitrogen and oxygen atoms in total. The highest BCUT2D eigenvalue weighted by molar-refractivity contribution is 5.81. The van der Waals surface area contributed by atoms with Crippen LogP contribution in [0.4, 0.5) is 0 Å². The van der Waals surface area contributed by atoms with E-state index < -0.39 is 0 Å². The molecule has 2 rings (SSSR count). The van der Waals surface area contributed by atoms with E-state index in [0.717, 1.165) is 16.7 Å². The zero-order valence-electron chi connectivity index (χ0n) is 13.6. The Morgan fingerprint density at radius 3 is 1.96 bits per heavy atom. The third-order valence-corrected chi connectivity index (χ3v) is 3.39.